The number of halogens is 1. The van der Waals surface area contributed by atoms with Crippen LogP contribution < -0.4 is 14.4 Å². The zero-order valence-electron chi connectivity index (χ0n) is 21.2. The molecule has 2 saturated heterocycles. The van der Waals surface area contributed by atoms with Crippen molar-refractivity contribution in [3.05, 3.63) is 30.6 Å². The fraction of sp³-hybridized carbons (Fsp3) is 0.500. The molecule has 37 heavy (non-hydrogen) atoms. The average Bonchev–Trinajstić information content (AvgIpc) is 3.54. The molecule has 0 amide bonds. The molecule has 10 nitrogen and oxygen atoms in total. The average molecular weight is 528 g/mol. The highest BCUT2D eigenvalue weighted by Gasteiger charge is 2.51. The summed E-state index contributed by atoms with van der Waals surface area (Å²) in [6.45, 7) is 1.78. The van der Waals surface area contributed by atoms with Gasteiger partial charge in [-0.05, 0) is 38.2 Å². The van der Waals surface area contributed by atoms with Crippen LogP contribution in [0.15, 0.2) is 30.6 Å². The predicted octanol–water partition coefficient (Wildman–Crippen LogP) is 3.14. The minimum atomic E-state index is -1.09. The molecule has 196 valence electrons. The van der Waals surface area contributed by atoms with Crippen LogP contribution in [-0.2, 0) is 4.74 Å². The summed E-state index contributed by atoms with van der Waals surface area (Å²) in [6, 6.07) is 6.99. The first-order valence-electron chi connectivity index (χ1n) is 12.2. The first-order valence-corrected chi connectivity index (χ1v) is 13.0. The second-order valence-electron chi connectivity index (χ2n) is 9.33. The van der Waals surface area contributed by atoms with Crippen molar-refractivity contribution in [3.63, 3.8) is 0 Å². The van der Waals surface area contributed by atoms with Gasteiger partial charge in [0.2, 0.25) is 11.0 Å². The van der Waals surface area contributed by atoms with Gasteiger partial charge in [0.1, 0.15) is 18.2 Å². The fourth-order valence-corrected chi connectivity index (χ4v) is 6.33. The van der Waals surface area contributed by atoms with E-state index in [4.69, 9.17) is 14.2 Å². The molecular formula is C24H30BFN6O4S. The van der Waals surface area contributed by atoms with Gasteiger partial charge < -0.3 is 28.9 Å². The number of hydrogen-bond donors (Lipinski definition) is 1. The van der Waals surface area contributed by atoms with Gasteiger partial charge in [0.05, 0.1) is 24.4 Å². The Bertz CT molecular complexity index is 1240. The van der Waals surface area contributed by atoms with Crippen molar-refractivity contribution in [3.8, 4) is 33.5 Å². The summed E-state index contributed by atoms with van der Waals surface area (Å²) in [5.74, 6) is 1.03. The second-order valence-corrected chi connectivity index (χ2v) is 10.3. The molecule has 0 saturated carbocycles. The topological polar surface area (TPSA) is 106 Å². The number of piperidine rings is 1. The van der Waals surface area contributed by atoms with Crippen molar-refractivity contribution in [1.82, 2.24) is 25.0 Å². The van der Waals surface area contributed by atoms with E-state index in [0.717, 1.165) is 24.0 Å². The number of benzene rings is 1. The van der Waals surface area contributed by atoms with E-state index in [0.29, 0.717) is 33.9 Å². The number of aromatic nitrogens is 4. The van der Waals surface area contributed by atoms with E-state index < -0.39 is 13.2 Å². The molecule has 5 rings (SSSR count). The second kappa shape index (κ2) is 10.9. The molecule has 2 unspecified atom stereocenters. The van der Waals surface area contributed by atoms with E-state index in [2.05, 4.69) is 20.2 Å². The van der Waals surface area contributed by atoms with Gasteiger partial charge in [-0.2, -0.15) is 0 Å². The summed E-state index contributed by atoms with van der Waals surface area (Å²) in [5, 5.41) is 20.2. The van der Waals surface area contributed by atoms with Crippen LogP contribution in [0.5, 0.6) is 11.6 Å². The minimum absolute atomic E-state index is 0.0588. The summed E-state index contributed by atoms with van der Waals surface area (Å²) in [7, 11) is 4.33. The highest BCUT2D eigenvalue weighted by Crippen LogP contribution is 2.42. The molecule has 4 heterocycles. The Morgan fingerprint density at radius 1 is 1.22 bits per heavy atom. The normalized spacial score (nSPS) is 23.2. The van der Waals surface area contributed by atoms with Crippen molar-refractivity contribution >= 4 is 23.5 Å². The minimum Gasteiger partial charge on any atom is -0.481 e. The first kappa shape index (κ1) is 25.8. The summed E-state index contributed by atoms with van der Waals surface area (Å²) in [4.78, 5) is 12.2. The van der Waals surface area contributed by atoms with E-state index in [1.807, 2.05) is 35.0 Å². The third kappa shape index (κ3) is 5.00. The van der Waals surface area contributed by atoms with Crippen molar-refractivity contribution in [1.29, 1.82) is 0 Å². The quantitative estimate of drug-likeness (QED) is 0.329. The van der Waals surface area contributed by atoms with Crippen LogP contribution in [0.4, 0.5) is 9.52 Å². The summed E-state index contributed by atoms with van der Waals surface area (Å²) in [6.07, 6.45) is 2.64. The molecule has 0 radical (unpaired) electrons. The Hall–Kier alpha value is -2.87. The summed E-state index contributed by atoms with van der Waals surface area (Å²) < 4.78 is 31.8. The fourth-order valence-electron chi connectivity index (χ4n) is 5.43. The molecule has 1 N–H and O–H groups in total. The third-order valence-electron chi connectivity index (χ3n) is 7.19. The molecule has 2 aliphatic heterocycles. The third-order valence-corrected chi connectivity index (χ3v) is 8.23. The predicted molar refractivity (Wildman–Crippen MR) is 140 cm³/mol. The maximum Gasteiger partial charge on any atom is 0.376 e. The highest BCUT2D eigenvalue weighted by molar-refractivity contribution is 7.18. The van der Waals surface area contributed by atoms with Crippen molar-refractivity contribution < 1.29 is 23.6 Å². The van der Waals surface area contributed by atoms with E-state index in [9.17, 15) is 5.02 Å². The number of hydrogen-bond acceptors (Lipinski definition) is 11. The zero-order valence-corrected chi connectivity index (χ0v) is 22.1. The first-order chi connectivity index (χ1) is 17.9. The van der Waals surface area contributed by atoms with Crippen LogP contribution in [-0.4, -0.2) is 89.4 Å². The Kier molecular flexibility index (Phi) is 7.56. The number of fused-ring (bicyclic) bond motifs is 2. The van der Waals surface area contributed by atoms with Gasteiger partial charge in [-0.15, -0.1) is 10.2 Å². The standard InChI is InChI=1S/C24H30BFN6O4S/c1-25(33)32-15-6-8-18(32)22(26)19(10-15)31(2)24-30-29-23(37-24)16-7-5-14(9-20(16)36-13-34-3)17-11-21(35-4)28-12-27-17/h5,7,9,11-12,15,18-19,22,33H,6,8,10,13H2,1-4H3/t15?,18?,19-,22+/m0/s1. The number of rotatable bonds is 9. The van der Waals surface area contributed by atoms with Crippen LogP contribution in [0.3, 0.4) is 0 Å². The van der Waals surface area contributed by atoms with E-state index in [1.165, 1.54) is 17.7 Å². The zero-order chi connectivity index (χ0) is 26.1. The molecular weight excluding hydrogens is 498 g/mol. The van der Waals surface area contributed by atoms with E-state index >= 15 is 4.39 Å². The maximum absolute atomic E-state index is 15.6. The Morgan fingerprint density at radius 2 is 2.05 bits per heavy atom. The van der Waals surface area contributed by atoms with Crippen LogP contribution >= 0.6 is 11.3 Å². The maximum atomic E-state index is 15.6. The lowest BCUT2D eigenvalue weighted by Crippen LogP contribution is -2.60. The van der Waals surface area contributed by atoms with Gasteiger partial charge in [0.15, 0.2) is 11.8 Å². The molecule has 2 bridgehead atoms. The van der Waals surface area contributed by atoms with Gasteiger partial charge in [-0.1, -0.05) is 17.4 Å². The van der Waals surface area contributed by atoms with Crippen molar-refractivity contribution in [2.75, 3.05) is 33.0 Å². The molecule has 13 heteroatoms. The lowest BCUT2D eigenvalue weighted by atomic mass is 9.78. The van der Waals surface area contributed by atoms with Crippen molar-refractivity contribution in [2.45, 2.75) is 50.4 Å². The largest absolute Gasteiger partial charge is 0.481 e. The van der Waals surface area contributed by atoms with E-state index in [1.54, 1.807) is 27.1 Å². The molecule has 0 aliphatic carbocycles. The summed E-state index contributed by atoms with van der Waals surface area (Å²) in [5.41, 5.74) is 2.25. The number of alkyl halides is 1. The lowest BCUT2D eigenvalue weighted by Gasteiger charge is -2.44. The van der Waals surface area contributed by atoms with Gasteiger partial charge in [-0.25, -0.2) is 14.4 Å². The molecule has 3 aromatic rings. The van der Waals surface area contributed by atoms with Crippen LogP contribution in [0.2, 0.25) is 6.82 Å². The van der Waals surface area contributed by atoms with Gasteiger partial charge in [0.25, 0.3) is 0 Å². The van der Waals surface area contributed by atoms with Gasteiger partial charge in [-0.3, -0.25) is 0 Å². The molecule has 0 spiro atoms. The number of methoxy groups -OCH3 is 2. The molecule has 4 atom stereocenters. The molecule has 1 aromatic carbocycles. The SMILES string of the molecule is COCOc1cc(-c2cc(OC)ncn2)ccc1-c1nnc(N(C)[C@H]2CC3CCC([C@H]2F)N3B(C)O)s1. The monoisotopic (exact) mass is 528 g/mol. The van der Waals surface area contributed by atoms with E-state index in [-0.39, 0.29) is 24.9 Å². The summed E-state index contributed by atoms with van der Waals surface area (Å²) >= 11 is 1.38. The Labute approximate surface area is 219 Å². The highest BCUT2D eigenvalue weighted by atomic mass is 32.1. The smallest absolute Gasteiger partial charge is 0.376 e. The van der Waals surface area contributed by atoms with Crippen LogP contribution in [0.25, 0.3) is 21.8 Å². The molecule has 2 fully saturated rings. The Balaban J connectivity index is 1.40. The van der Waals surface area contributed by atoms with Crippen LogP contribution in [0, 0.1) is 0 Å². The van der Waals surface area contributed by atoms with Gasteiger partial charge >= 0.3 is 7.05 Å². The number of nitrogens with zero attached hydrogens (tertiary/aromatic N) is 6. The van der Waals surface area contributed by atoms with Crippen molar-refractivity contribution in [2.24, 2.45) is 0 Å². The van der Waals surface area contributed by atoms with Gasteiger partial charge in [0, 0.05) is 37.9 Å². The molecule has 2 aliphatic rings. The lowest BCUT2D eigenvalue weighted by molar-refractivity contribution is 0.0515. The number of ether oxygens (including phenoxy) is 3. The number of anilines is 1. The molecule has 2 aromatic heterocycles. The Morgan fingerprint density at radius 3 is 2.81 bits per heavy atom. The van der Waals surface area contributed by atoms with Crippen LogP contribution in [0.1, 0.15) is 19.3 Å².